The standard InChI is InChI=1S/C15H21FN2O2/c1-11(15(19)18-8-4-3-5-9-18)17-14-10-12(20-2)6-7-13(14)16/h6-7,10-11,17H,3-5,8-9H2,1-2H3. The largest absolute Gasteiger partial charge is 0.497 e. The number of piperidine rings is 1. The molecule has 1 aromatic rings. The highest BCUT2D eigenvalue weighted by Crippen LogP contribution is 2.22. The molecule has 1 atom stereocenters. The van der Waals surface area contributed by atoms with Crippen molar-refractivity contribution in [3.05, 3.63) is 24.0 Å². The molecule has 1 amide bonds. The summed E-state index contributed by atoms with van der Waals surface area (Å²) in [6.07, 6.45) is 3.27. The number of rotatable bonds is 4. The van der Waals surface area contributed by atoms with Gasteiger partial charge in [0.15, 0.2) is 0 Å². The van der Waals surface area contributed by atoms with Crippen LogP contribution in [0.25, 0.3) is 0 Å². The lowest BCUT2D eigenvalue weighted by atomic mass is 10.1. The van der Waals surface area contributed by atoms with Crippen LogP contribution >= 0.6 is 0 Å². The minimum atomic E-state index is -0.449. The number of nitrogens with one attached hydrogen (secondary N) is 1. The third-order valence-corrected chi connectivity index (χ3v) is 3.58. The minimum Gasteiger partial charge on any atom is -0.497 e. The van der Waals surface area contributed by atoms with Crippen LogP contribution in [-0.4, -0.2) is 37.0 Å². The molecule has 1 saturated heterocycles. The number of hydrogen-bond acceptors (Lipinski definition) is 3. The van der Waals surface area contributed by atoms with Crippen molar-refractivity contribution in [1.29, 1.82) is 0 Å². The van der Waals surface area contributed by atoms with Crippen LogP contribution in [0.1, 0.15) is 26.2 Å². The van der Waals surface area contributed by atoms with Gasteiger partial charge in [-0.3, -0.25) is 4.79 Å². The van der Waals surface area contributed by atoms with Gasteiger partial charge in [0.05, 0.1) is 12.8 Å². The van der Waals surface area contributed by atoms with Gasteiger partial charge in [0.25, 0.3) is 0 Å². The first-order valence-electron chi connectivity index (χ1n) is 7.00. The lowest BCUT2D eigenvalue weighted by Crippen LogP contribution is -2.44. The molecule has 2 rings (SSSR count). The molecule has 0 aliphatic carbocycles. The van der Waals surface area contributed by atoms with Crippen LogP contribution in [0, 0.1) is 5.82 Å². The second-order valence-corrected chi connectivity index (χ2v) is 5.10. The smallest absolute Gasteiger partial charge is 0.244 e. The number of anilines is 1. The molecular formula is C15H21FN2O2. The van der Waals surface area contributed by atoms with Crippen molar-refractivity contribution in [2.75, 3.05) is 25.5 Å². The number of benzene rings is 1. The van der Waals surface area contributed by atoms with Gasteiger partial charge in [-0.15, -0.1) is 0 Å². The Kier molecular flexibility index (Phi) is 4.82. The van der Waals surface area contributed by atoms with Gasteiger partial charge < -0.3 is 15.0 Å². The molecule has 1 aliphatic heterocycles. The zero-order chi connectivity index (χ0) is 14.5. The summed E-state index contributed by atoms with van der Waals surface area (Å²) in [6.45, 7) is 3.35. The zero-order valence-corrected chi connectivity index (χ0v) is 12.0. The molecule has 1 heterocycles. The average molecular weight is 280 g/mol. The summed E-state index contributed by atoms with van der Waals surface area (Å²) in [4.78, 5) is 14.1. The number of nitrogens with zero attached hydrogens (tertiary/aromatic N) is 1. The van der Waals surface area contributed by atoms with Crippen LogP contribution < -0.4 is 10.1 Å². The van der Waals surface area contributed by atoms with Gasteiger partial charge in [-0.1, -0.05) is 0 Å². The van der Waals surface area contributed by atoms with E-state index in [1.807, 2.05) is 4.90 Å². The molecule has 20 heavy (non-hydrogen) atoms. The summed E-state index contributed by atoms with van der Waals surface area (Å²) >= 11 is 0. The first kappa shape index (κ1) is 14.6. The lowest BCUT2D eigenvalue weighted by molar-refractivity contribution is -0.132. The van der Waals surface area contributed by atoms with Crippen molar-refractivity contribution in [3.63, 3.8) is 0 Å². The van der Waals surface area contributed by atoms with E-state index in [9.17, 15) is 9.18 Å². The Morgan fingerprint density at radius 2 is 2.05 bits per heavy atom. The van der Waals surface area contributed by atoms with Gasteiger partial charge in [0.1, 0.15) is 17.6 Å². The fourth-order valence-electron chi connectivity index (χ4n) is 2.43. The van der Waals surface area contributed by atoms with Gasteiger partial charge in [0.2, 0.25) is 5.91 Å². The fraction of sp³-hybridized carbons (Fsp3) is 0.533. The second kappa shape index (κ2) is 6.59. The number of hydrogen-bond donors (Lipinski definition) is 1. The van der Waals surface area contributed by atoms with Crippen molar-refractivity contribution in [1.82, 2.24) is 4.90 Å². The number of carbonyl (C=O) groups excluding carboxylic acids is 1. The SMILES string of the molecule is COc1ccc(F)c(NC(C)C(=O)N2CCCCC2)c1. The summed E-state index contributed by atoms with van der Waals surface area (Å²) in [6, 6.07) is 4.00. The highest BCUT2D eigenvalue weighted by Gasteiger charge is 2.22. The molecule has 0 aromatic heterocycles. The number of ether oxygens (including phenoxy) is 1. The van der Waals surface area contributed by atoms with Gasteiger partial charge in [-0.25, -0.2) is 4.39 Å². The Morgan fingerprint density at radius 3 is 2.70 bits per heavy atom. The first-order chi connectivity index (χ1) is 9.61. The summed E-state index contributed by atoms with van der Waals surface area (Å²) in [5.41, 5.74) is 0.294. The average Bonchev–Trinajstić information content (AvgIpc) is 2.49. The zero-order valence-electron chi connectivity index (χ0n) is 12.0. The molecule has 5 heteroatoms. The van der Waals surface area contributed by atoms with Crippen molar-refractivity contribution in [2.24, 2.45) is 0 Å². The van der Waals surface area contributed by atoms with E-state index < -0.39 is 6.04 Å². The number of amides is 1. The van der Waals surface area contributed by atoms with E-state index in [1.165, 1.54) is 19.6 Å². The number of likely N-dealkylation sites (tertiary alicyclic amines) is 1. The molecule has 1 aromatic carbocycles. The van der Waals surface area contributed by atoms with Crippen LogP contribution in [0.5, 0.6) is 5.75 Å². The van der Waals surface area contributed by atoms with Crippen LogP contribution in [0.15, 0.2) is 18.2 Å². The van der Waals surface area contributed by atoms with Gasteiger partial charge in [-0.2, -0.15) is 0 Å². The maximum absolute atomic E-state index is 13.7. The summed E-state index contributed by atoms with van der Waals surface area (Å²) in [7, 11) is 1.53. The second-order valence-electron chi connectivity index (χ2n) is 5.10. The Morgan fingerprint density at radius 1 is 1.35 bits per heavy atom. The van der Waals surface area contributed by atoms with E-state index in [0.29, 0.717) is 11.4 Å². The summed E-state index contributed by atoms with van der Waals surface area (Å²) < 4.78 is 18.8. The Hall–Kier alpha value is -1.78. The van der Waals surface area contributed by atoms with E-state index in [-0.39, 0.29) is 11.7 Å². The van der Waals surface area contributed by atoms with Gasteiger partial charge in [-0.05, 0) is 38.3 Å². The third-order valence-electron chi connectivity index (χ3n) is 3.58. The van der Waals surface area contributed by atoms with E-state index in [4.69, 9.17) is 4.74 Å². The van der Waals surface area contributed by atoms with Crippen molar-refractivity contribution in [3.8, 4) is 5.75 Å². The van der Waals surface area contributed by atoms with Gasteiger partial charge in [0, 0.05) is 19.2 Å². The molecule has 1 unspecified atom stereocenters. The number of halogens is 1. The fourth-order valence-corrected chi connectivity index (χ4v) is 2.43. The topological polar surface area (TPSA) is 41.6 Å². The number of carbonyl (C=O) groups is 1. The number of methoxy groups -OCH3 is 1. The molecule has 110 valence electrons. The molecule has 0 spiro atoms. The molecule has 0 radical (unpaired) electrons. The van der Waals surface area contributed by atoms with Crippen LogP contribution in [-0.2, 0) is 4.79 Å². The van der Waals surface area contributed by atoms with Crippen molar-refractivity contribution >= 4 is 11.6 Å². The molecule has 1 aliphatic rings. The predicted octanol–water partition coefficient (Wildman–Crippen LogP) is 2.65. The van der Waals surface area contributed by atoms with E-state index in [0.717, 1.165) is 25.9 Å². The molecule has 4 nitrogen and oxygen atoms in total. The molecule has 1 fully saturated rings. The minimum absolute atomic E-state index is 0.0203. The molecule has 1 N–H and O–H groups in total. The Bertz CT molecular complexity index is 473. The summed E-state index contributed by atoms with van der Waals surface area (Å²) in [5, 5.41) is 2.94. The first-order valence-corrected chi connectivity index (χ1v) is 7.00. The molecule has 0 bridgehead atoms. The van der Waals surface area contributed by atoms with Gasteiger partial charge >= 0.3 is 0 Å². The quantitative estimate of drug-likeness (QED) is 0.922. The van der Waals surface area contributed by atoms with Crippen LogP contribution in [0.3, 0.4) is 0 Å². The Balaban J connectivity index is 2.03. The van der Waals surface area contributed by atoms with Crippen molar-refractivity contribution in [2.45, 2.75) is 32.2 Å². The summed E-state index contributed by atoms with van der Waals surface area (Å²) in [5.74, 6) is 0.197. The van der Waals surface area contributed by atoms with Crippen LogP contribution in [0.4, 0.5) is 10.1 Å². The van der Waals surface area contributed by atoms with E-state index in [2.05, 4.69) is 5.32 Å². The normalized spacial score (nSPS) is 16.6. The molecule has 0 saturated carbocycles. The Labute approximate surface area is 118 Å². The third kappa shape index (κ3) is 3.40. The van der Waals surface area contributed by atoms with E-state index in [1.54, 1.807) is 19.1 Å². The maximum atomic E-state index is 13.7. The highest BCUT2D eigenvalue weighted by molar-refractivity contribution is 5.84. The van der Waals surface area contributed by atoms with Crippen LogP contribution in [0.2, 0.25) is 0 Å². The maximum Gasteiger partial charge on any atom is 0.244 e. The van der Waals surface area contributed by atoms with Crippen molar-refractivity contribution < 1.29 is 13.9 Å². The van der Waals surface area contributed by atoms with E-state index >= 15 is 0 Å². The highest BCUT2D eigenvalue weighted by atomic mass is 19.1. The lowest BCUT2D eigenvalue weighted by Gasteiger charge is -2.29. The molecular weight excluding hydrogens is 259 g/mol. The predicted molar refractivity (Wildman–Crippen MR) is 76.5 cm³/mol. The monoisotopic (exact) mass is 280 g/mol.